The largest absolute Gasteiger partial charge is 0.338 e. The van der Waals surface area contributed by atoms with Crippen LogP contribution in [-0.2, 0) is 9.59 Å². The van der Waals surface area contributed by atoms with Gasteiger partial charge >= 0.3 is 0 Å². The Morgan fingerprint density at radius 2 is 1.58 bits per heavy atom. The molecule has 140 valence electrons. The van der Waals surface area contributed by atoms with E-state index in [0.29, 0.717) is 5.29 Å². The topological polar surface area (TPSA) is 37.4 Å². The molecule has 1 heterocycles. The van der Waals surface area contributed by atoms with Crippen molar-refractivity contribution in [1.29, 1.82) is 0 Å². The van der Waals surface area contributed by atoms with Crippen molar-refractivity contribution in [1.82, 2.24) is 4.90 Å². The fourth-order valence-corrected chi connectivity index (χ4v) is 17.8. The zero-order valence-corrected chi connectivity index (χ0v) is 19.5. The molecule has 0 aromatic rings. The van der Waals surface area contributed by atoms with Crippen LogP contribution in [0.15, 0.2) is 0 Å². The van der Waals surface area contributed by atoms with E-state index in [1.165, 1.54) is 19.3 Å². The Kier molecular flexibility index (Phi) is 6.70. The van der Waals surface area contributed by atoms with Crippen molar-refractivity contribution < 1.29 is 9.59 Å². The molecule has 1 amide bonds. The summed E-state index contributed by atoms with van der Waals surface area (Å²) >= 11 is 0. The van der Waals surface area contributed by atoms with Crippen molar-refractivity contribution in [2.75, 3.05) is 0 Å². The second-order valence-electron chi connectivity index (χ2n) is 10.1. The fourth-order valence-electron chi connectivity index (χ4n) is 5.01. The zero-order valence-electron chi connectivity index (χ0n) is 17.5. The van der Waals surface area contributed by atoms with E-state index in [-0.39, 0.29) is 17.2 Å². The summed E-state index contributed by atoms with van der Waals surface area (Å²) in [6, 6.07) is 0. The minimum Gasteiger partial charge on any atom is -0.338 e. The Labute approximate surface area is 151 Å². The van der Waals surface area contributed by atoms with Crippen LogP contribution in [0.3, 0.4) is 0 Å². The summed E-state index contributed by atoms with van der Waals surface area (Å²) in [5.41, 5.74) is -0.262. The summed E-state index contributed by atoms with van der Waals surface area (Å²) in [4.78, 5) is 27.4. The van der Waals surface area contributed by atoms with Crippen LogP contribution in [0.25, 0.3) is 0 Å². The number of hydrogen-bond acceptors (Lipinski definition) is 2. The average molecular weight is 370 g/mol. The molecule has 0 spiro atoms. The van der Waals surface area contributed by atoms with E-state index in [1.807, 2.05) is 0 Å². The van der Waals surface area contributed by atoms with E-state index in [2.05, 4.69) is 58.0 Å². The van der Waals surface area contributed by atoms with Crippen molar-refractivity contribution in [3.05, 3.63) is 0 Å². The first-order valence-corrected chi connectivity index (χ1v) is 16.8. The molecule has 5 heteroatoms. The van der Waals surface area contributed by atoms with Gasteiger partial charge in [-0.05, 0) is 20.3 Å². The first-order valence-electron chi connectivity index (χ1n) is 9.62. The van der Waals surface area contributed by atoms with Crippen LogP contribution in [0.2, 0.25) is 39.3 Å². The number of β-lactam (4-membered cyclic amide) rings is 1. The lowest BCUT2D eigenvalue weighted by Gasteiger charge is -2.63. The predicted molar refractivity (Wildman–Crippen MR) is 109 cm³/mol. The van der Waals surface area contributed by atoms with Gasteiger partial charge in [-0.2, -0.15) is 0 Å². The number of likely N-dealkylation sites (tertiary alicyclic amines) is 1. The van der Waals surface area contributed by atoms with Gasteiger partial charge in [-0.1, -0.05) is 71.9 Å². The van der Waals surface area contributed by atoms with Gasteiger partial charge in [0.05, 0.1) is 21.7 Å². The van der Waals surface area contributed by atoms with E-state index < -0.39 is 22.1 Å². The highest BCUT2D eigenvalue weighted by molar-refractivity contribution is 6.96. The lowest BCUT2D eigenvalue weighted by Crippen LogP contribution is -2.80. The van der Waals surface area contributed by atoms with E-state index in [4.69, 9.17) is 0 Å². The molecule has 0 aromatic carbocycles. The molecule has 24 heavy (non-hydrogen) atoms. The molecular weight excluding hydrogens is 330 g/mol. The number of Topliss-reactive ketones (excluding diaryl/α,β-unsaturated/α-hetero) is 1. The fraction of sp³-hybridized carbons (Fsp3) is 0.895. The molecule has 1 rings (SSSR count). The second kappa shape index (κ2) is 7.44. The SMILES string of the molecule is CCCCCCC1(C)C(C(C)=O)C(=O)N1C([Si](C)(C)C)[Si](C)(C)C. The Hall–Kier alpha value is -0.426. The molecule has 0 saturated carbocycles. The van der Waals surface area contributed by atoms with E-state index >= 15 is 0 Å². The number of amides is 1. The van der Waals surface area contributed by atoms with Crippen molar-refractivity contribution in [3.8, 4) is 0 Å². The van der Waals surface area contributed by atoms with Gasteiger partial charge in [0.1, 0.15) is 11.7 Å². The van der Waals surface area contributed by atoms with Gasteiger partial charge in [0.2, 0.25) is 5.91 Å². The highest BCUT2D eigenvalue weighted by Crippen LogP contribution is 2.47. The molecule has 0 N–H and O–H groups in total. The van der Waals surface area contributed by atoms with Crippen LogP contribution >= 0.6 is 0 Å². The Morgan fingerprint density at radius 3 is 1.96 bits per heavy atom. The third-order valence-corrected chi connectivity index (χ3v) is 14.5. The molecule has 1 aliphatic heterocycles. The average Bonchev–Trinajstić information content (AvgIpc) is 2.37. The molecule has 2 atom stereocenters. The van der Waals surface area contributed by atoms with Gasteiger partial charge in [-0.15, -0.1) is 0 Å². The number of rotatable bonds is 9. The summed E-state index contributed by atoms with van der Waals surface area (Å²) < 4.78 is 0. The number of carbonyl (C=O) groups excluding carboxylic acids is 2. The van der Waals surface area contributed by atoms with Crippen LogP contribution in [0.4, 0.5) is 0 Å². The smallest absolute Gasteiger partial charge is 0.235 e. The van der Waals surface area contributed by atoms with Gasteiger partial charge in [-0.25, -0.2) is 0 Å². The number of hydrogen-bond donors (Lipinski definition) is 0. The van der Waals surface area contributed by atoms with Gasteiger partial charge < -0.3 is 4.90 Å². The zero-order chi connectivity index (χ0) is 18.9. The highest BCUT2D eigenvalue weighted by Gasteiger charge is 2.63. The summed E-state index contributed by atoms with van der Waals surface area (Å²) in [7, 11) is -3.10. The van der Waals surface area contributed by atoms with Gasteiger partial charge in [0.25, 0.3) is 0 Å². The molecular formula is C19H39NO2Si2. The quantitative estimate of drug-likeness (QED) is 0.251. The normalized spacial score (nSPS) is 25.2. The van der Waals surface area contributed by atoms with Crippen LogP contribution in [0.1, 0.15) is 52.9 Å². The molecule has 0 aromatic heterocycles. The molecule has 1 fully saturated rings. The monoisotopic (exact) mass is 369 g/mol. The number of ketones is 1. The maximum Gasteiger partial charge on any atom is 0.235 e. The summed E-state index contributed by atoms with van der Waals surface area (Å²) in [6.07, 6.45) is 5.72. The van der Waals surface area contributed by atoms with Crippen LogP contribution in [0.5, 0.6) is 0 Å². The van der Waals surface area contributed by atoms with E-state index in [9.17, 15) is 9.59 Å². The minimum absolute atomic E-state index is 0.0548. The summed E-state index contributed by atoms with van der Waals surface area (Å²) in [5.74, 6) is -0.246. The van der Waals surface area contributed by atoms with Crippen LogP contribution in [0, 0.1) is 5.92 Å². The standard InChI is InChI=1S/C19H39NO2Si2/c1-10-11-12-13-14-19(3)16(15(2)21)17(22)20(19)18(23(4,5)6)24(7,8)9/h16,18H,10-14H2,1-9H3. The molecule has 1 saturated heterocycles. The molecule has 3 nitrogen and oxygen atoms in total. The summed E-state index contributed by atoms with van der Waals surface area (Å²) in [5, 5.41) is 0.393. The first-order chi connectivity index (χ1) is 10.8. The van der Waals surface area contributed by atoms with Crippen molar-refractivity contribution >= 4 is 27.8 Å². The third-order valence-electron chi connectivity index (χ3n) is 5.50. The van der Waals surface area contributed by atoms with Gasteiger partial charge in [-0.3, -0.25) is 9.59 Å². The van der Waals surface area contributed by atoms with Crippen LogP contribution < -0.4 is 0 Å². The van der Waals surface area contributed by atoms with Gasteiger partial charge in [0, 0.05) is 5.29 Å². The second-order valence-corrected chi connectivity index (χ2v) is 21.2. The van der Waals surface area contributed by atoms with Crippen molar-refractivity contribution in [3.63, 3.8) is 0 Å². The molecule has 0 aliphatic carbocycles. The molecule has 2 unspecified atom stereocenters. The molecule has 0 radical (unpaired) electrons. The van der Waals surface area contributed by atoms with Gasteiger partial charge in [0.15, 0.2) is 0 Å². The molecule has 1 aliphatic rings. The first kappa shape index (κ1) is 21.6. The third kappa shape index (κ3) is 4.21. The van der Waals surface area contributed by atoms with Crippen LogP contribution in [-0.4, -0.2) is 43.6 Å². The predicted octanol–water partition coefficient (Wildman–Crippen LogP) is 4.89. The van der Waals surface area contributed by atoms with Crippen molar-refractivity contribution in [2.45, 2.75) is 103 Å². The van der Waals surface area contributed by atoms with E-state index in [1.54, 1.807) is 6.92 Å². The maximum atomic E-state index is 13.0. The number of unbranched alkanes of at least 4 members (excludes halogenated alkanes) is 3. The Morgan fingerprint density at radius 1 is 1.08 bits per heavy atom. The number of carbonyl (C=O) groups is 2. The number of nitrogens with zero attached hydrogens (tertiary/aromatic N) is 1. The Bertz CT molecular complexity index is 465. The lowest BCUT2D eigenvalue weighted by atomic mass is 9.70. The maximum absolute atomic E-state index is 13.0. The minimum atomic E-state index is -1.55. The van der Waals surface area contributed by atoms with E-state index in [0.717, 1.165) is 12.8 Å². The molecule has 0 bridgehead atoms. The summed E-state index contributed by atoms with van der Waals surface area (Å²) in [6.45, 7) is 20.3. The Balaban J connectivity index is 3.17. The lowest BCUT2D eigenvalue weighted by molar-refractivity contribution is -0.173. The highest BCUT2D eigenvalue weighted by atomic mass is 28.4. The van der Waals surface area contributed by atoms with Crippen molar-refractivity contribution in [2.24, 2.45) is 5.92 Å².